The average molecular weight is 303 g/mol. The molecule has 90 valence electrons. The first-order valence-corrected chi connectivity index (χ1v) is 7.55. The number of hydrogen-bond acceptors (Lipinski definition) is 3. The van der Waals surface area contributed by atoms with E-state index in [1.165, 1.54) is 34.7 Å². The molecule has 0 aromatic carbocycles. The molecule has 1 atom stereocenters. The highest BCUT2D eigenvalue weighted by molar-refractivity contribution is 9.11. The lowest BCUT2D eigenvalue weighted by molar-refractivity contribution is 0.234. The van der Waals surface area contributed by atoms with Crippen LogP contribution in [0.2, 0.25) is 0 Å². The van der Waals surface area contributed by atoms with Crippen LogP contribution in [-0.2, 0) is 0 Å². The lowest BCUT2D eigenvalue weighted by atomic mass is 10.1. The maximum atomic E-state index is 3.53. The first-order valence-electron chi connectivity index (χ1n) is 5.94. The van der Waals surface area contributed by atoms with Gasteiger partial charge < -0.3 is 10.2 Å². The summed E-state index contributed by atoms with van der Waals surface area (Å²) in [4.78, 5) is 4.07. The molecule has 0 saturated carbocycles. The van der Waals surface area contributed by atoms with Crippen molar-refractivity contribution in [3.05, 3.63) is 20.8 Å². The van der Waals surface area contributed by atoms with Crippen molar-refractivity contribution in [3.8, 4) is 0 Å². The molecule has 1 aliphatic heterocycles. The molecule has 1 saturated heterocycles. The van der Waals surface area contributed by atoms with Crippen molar-refractivity contribution in [3.63, 3.8) is 0 Å². The highest BCUT2D eigenvalue weighted by Crippen LogP contribution is 2.30. The Morgan fingerprint density at radius 1 is 1.44 bits per heavy atom. The van der Waals surface area contributed by atoms with Crippen LogP contribution in [0.15, 0.2) is 15.9 Å². The van der Waals surface area contributed by atoms with Gasteiger partial charge in [-0.3, -0.25) is 0 Å². The second-order valence-electron chi connectivity index (χ2n) is 4.42. The molecule has 2 nitrogen and oxygen atoms in total. The van der Waals surface area contributed by atoms with Crippen LogP contribution < -0.4 is 5.32 Å². The van der Waals surface area contributed by atoms with Gasteiger partial charge in [-0.05, 0) is 46.9 Å². The van der Waals surface area contributed by atoms with E-state index in [1.807, 2.05) is 11.3 Å². The molecule has 1 aromatic heterocycles. The van der Waals surface area contributed by atoms with Gasteiger partial charge in [0.2, 0.25) is 0 Å². The summed E-state index contributed by atoms with van der Waals surface area (Å²) in [5.74, 6) is 0.686. The summed E-state index contributed by atoms with van der Waals surface area (Å²) in [5, 5.41) is 3.39. The molecule has 0 radical (unpaired) electrons. The highest BCUT2D eigenvalue weighted by atomic mass is 79.9. The molecule has 0 spiro atoms. The van der Waals surface area contributed by atoms with Crippen LogP contribution in [-0.4, -0.2) is 37.6 Å². The zero-order valence-electron chi connectivity index (χ0n) is 9.71. The van der Waals surface area contributed by atoms with Crippen LogP contribution in [0.25, 0.3) is 0 Å². The number of rotatable bonds is 4. The third kappa shape index (κ3) is 3.55. The predicted octanol–water partition coefficient (Wildman–Crippen LogP) is 2.91. The van der Waals surface area contributed by atoms with Gasteiger partial charge in [0.25, 0.3) is 0 Å². The van der Waals surface area contributed by atoms with E-state index in [-0.39, 0.29) is 0 Å². The van der Waals surface area contributed by atoms with Gasteiger partial charge in [-0.1, -0.05) is 6.92 Å². The molecule has 1 N–H and O–H groups in total. The Hall–Kier alpha value is 0.1000. The molecule has 0 amide bonds. The number of hydrogen-bond donors (Lipinski definition) is 1. The molecule has 1 unspecified atom stereocenters. The van der Waals surface area contributed by atoms with E-state index in [2.05, 4.69) is 45.2 Å². The van der Waals surface area contributed by atoms with Gasteiger partial charge in [0.15, 0.2) is 0 Å². The van der Waals surface area contributed by atoms with Gasteiger partial charge >= 0.3 is 0 Å². The minimum atomic E-state index is 0.686. The molecule has 2 rings (SSSR count). The third-order valence-corrected chi connectivity index (χ3v) is 5.02. The molecule has 0 aliphatic carbocycles. The second kappa shape index (κ2) is 6.15. The maximum Gasteiger partial charge on any atom is 0.0701 e. The zero-order valence-corrected chi connectivity index (χ0v) is 12.1. The fourth-order valence-electron chi connectivity index (χ4n) is 2.05. The minimum Gasteiger partial charge on any atom is -0.314 e. The van der Waals surface area contributed by atoms with E-state index >= 15 is 0 Å². The van der Waals surface area contributed by atoms with E-state index in [0.29, 0.717) is 5.92 Å². The second-order valence-corrected chi connectivity index (χ2v) is 6.92. The molecule has 1 aliphatic rings. The first-order chi connectivity index (χ1) is 7.75. The molecule has 2 heterocycles. The van der Waals surface area contributed by atoms with Gasteiger partial charge in [-0.2, -0.15) is 0 Å². The Kier molecular flexibility index (Phi) is 4.82. The molecule has 1 fully saturated rings. The lowest BCUT2D eigenvalue weighted by Gasteiger charge is -2.28. The summed E-state index contributed by atoms with van der Waals surface area (Å²) in [5.41, 5.74) is 0. The molecule has 0 bridgehead atoms. The van der Waals surface area contributed by atoms with Crippen molar-refractivity contribution >= 4 is 27.3 Å². The highest BCUT2D eigenvalue weighted by Gasteiger charge is 2.13. The van der Waals surface area contributed by atoms with Gasteiger partial charge in [-0.15, -0.1) is 11.3 Å². The maximum absolute atomic E-state index is 3.53. The summed E-state index contributed by atoms with van der Waals surface area (Å²) in [6.45, 7) is 8.29. The summed E-state index contributed by atoms with van der Waals surface area (Å²) in [7, 11) is 0. The summed E-state index contributed by atoms with van der Waals surface area (Å²) < 4.78 is 1.25. The van der Waals surface area contributed by atoms with Crippen molar-refractivity contribution in [1.29, 1.82) is 0 Å². The molecular weight excluding hydrogens is 284 g/mol. The van der Waals surface area contributed by atoms with Crippen molar-refractivity contribution in [2.45, 2.75) is 19.3 Å². The number of piperazine rings is 1. The fourth-order valence-corrected chi connectivity index (χ4v) is 3.56. The average Bonchev–Trinajstić information content (AvgIpc) is 2.74. The van der Waals surface area contributed by atoms with Crippen LogP contribution in [0.4, 0.5) is 0 Å². The van der Waals surface area contributed by atoms with Crippen LogP contribution in [0.1, 0.15) is 24.1 Å². The Bertz CT molecular complexity index is 321. The Balaban J connectivity index is 1.76. The van der Waals surface area contributed by atoms with Crippen molar-refractivity contribution in [2.75, 3.05) is 32.7 Å². The molecule has 1 aromatic rings. The summed E-state index contributed by atoms with van der Waals surface area (Å²) >= 11 is 5.40. The zero-order chi connectivity index (χ0) is 11.4. The van der Waals surface area contributed by atoms with E-state index in [0.717, 1.165) is 13.1 Å². The van der Waals surface area contributed by atoms with Crippen molar-refractivity contribution in [2.24, 2.45) is 0 Å². The van der Waals surface area contributed by atoms with Crippen molar-refractivity contribution in [1.82, 2.24) is 10.2 Å². The van der Waals surface area contributed by atoms with Gasteiger partial charge in [-0.25, -0.2) is 0 Å². The normalized spacial score (nSPS) is 19.9. The molecule has 4 heteroatoms. The summed E-state index contributed by atoms with van der Waals surface area (Å²) in [6.07, 6.45) is 1.27. The number of nitrogens with zero attached hydrogens (tertiary/aromatic N) is 1. The van der Waals surface area contributed by atoms with Gasteiger partial charge in [0, 0.05) is 31.1 Å². The fraction of sp³-hybridized carbons (Fsp3) is 0.667. The number of nitrogens with one attached hydrogen (secondary N) is 1. The van der Waals surface area contributed by atoms with Crippen LogP contribution >= 0.6 is 27.3 Å². The van der Waals surface area contributed by atoms with Crippen LogP contribution in [0.5, 0.6) is 0 Å². The quantitative estimate of drug-likeness (QED) is 0.920. The van der Waals surface area contributed by atoms with Gasteiger partial charge in [0.1, 0.15) is 0 Å². The van der Waals surface area contributed by atoms with E-state index in [9.17, 15) is 0 Å². The third-order valence-electron chi connectivity index (χ3n) is 3.17. The standard InChI is InChI=1S/C12H19BrN2S/c1-10(11-2-3-12(13)16-11)4-7-15-8-5-14-6-9-15/h2-3,10,14H,4-9H2,1H3. The SMILES string of the molecule is CC(CCN1CCNCC1)c1ccc(Br)s1. The van der Waals surface area contributed by atoms with Crippen LogP contribution in [0, 0.1) is 0 Å². The summed E-state index contributed by atoms with van der Waals surface area (Å²) in [6, 6.07) is 4.40. The first kappa shape index (κ1) is 12.6. The smallest absolute Gasteiger partial charge is 0.0701 e. The number of thiophene rings is 1. The Labute approximate surface area is 110 Å². The van der Waals surface area contributed by atoms with E-state index in [4.69, 9.17) is 0 Å². The van der Waals surface area contributed by atoms with Crippen molar-refractivity contribution < 1.29 is 0 Å². The Morgan fingerprint density at radius 3 is 2.81 bits per heavy atom. The Morgan fingerprint density at radius 2 is 2.19 bits per heavy atom. The number of halogens is 1. The molecular formula is C12H19BrN2S. The van der Waals surface area contributed by atoms with Crippen LogP contribution in [0.3, 0.4) is 0 Å². The topological polar surface area (TPSA) is 15.3 Å². The predicted molar refractivity (Wildman–Crippen MR) is 74.4 cm³/mol. The molecule has 16 heavy (non-hydrogen) atoms. The minimum absolute atomic E-state index is 0.686. The van der Waals surface area contributed by atoms with E-state index in [1.54, 1.807) is 0 Å². The van der Waals surface area contributed by atoms with E-state index < -0.39 is 0 Å². The monoisotopic (exact) mass is 302 g/mol. The largest absolute Gasteiger partial charge is 0.314 e. The lowest BCUT2D eigenvalue weighted by Crippen LogP contribution is -2.43. The van der Waals surface area contributed by atoms with Gasteiger partial charge in [0.05, 0.1) is 3.79 Å².